The maximum absolute atomic E-state index is 11.9. The minimum Gasteiger partial charge on any atom is -0.324 e. The molecule has 0 aliphatic rings. The van der Waals surface area contributed by atoms with E-state index in [2.05, 4.69) is 11.4 Å². The maximum Gasteiger partial charge on any atom is 0.234 e. The Labute approximate surface area is 133 Å². The molecule has 0 aromatic heterocycles. The number of amides is 1. The zero-order valence-electron chi connectivity index (χ0n) is 11.7. The molecule has 1 amide bonds. The molecule has 2 aromatic rings. The first kappa shape index (κ1) is 15.6. The number of para-hydroxylation sites is 1. The highest BCUT2D eigenvalue weighted by atomic mass is 32.2. The molecule has 0 heterocycles. The fourth-order valence-electron chi connectivity index (χ4n) is 1.87. The van der Waals surface area contributed by atoms with E-state index in [9.17, 15) is 4.79 Å². The van der Waals surface area contributed by atoms with Crippen molar-refractivity contribution in [3.63, 3.8) is 0 Å². The standard InChI is InChI=1S/C17H13N3OS/c18-9-13-4-3-5-14(8-13)11-22-12-17(21)20-16-7-2-1-6-15(16)10-19/h1-8H,11-12H2,(H,20,21). The zero-order chi connectivity index (χ0) is 15.8. The fourth-order valence-corrected chi connectivity index (χ4v) is 2.64. The normalized spacial score (nSPS) is 9.55. The number of carbonyl (C=O) groups is 1. The monoisotopic (exact) mass is 307 g/mol. The van der Waals surface area contributed by atoms with Crippen molar-refractivity contribution in [2.45, 2.75) is 5.75 Å². The van der Waals surface area contributed by atoms with Gasteiger partial charge < -0.3 is 5.32 Å². The summed E-state index contributed by atoms with van der Waals surface area (Å²) in [5, 5.41) is 20.6. The van der Waals surface area contributed by atoms with E-state index in [1.54, 1.807) is 30.3 Å². The summed E-state index contributed by atoms with van der Waals surface area (Å²) in [6, 6.07) is 18.4. The lowest BCUT2D eigenvalue weighted by molar-refractivity contribution is -0.113. The van der Waals surface area contributed by atoms with Gasteiger partial charge in [0.05, 0.1) is 28.6 Å². The minimum atomic E-state index is -0.149. The summed E-state index contributed by atoms with van der Waals surface area (Å²) in [4.78, 5) is 11.9. The molecule has 0 spiro atoms. The molecule has 0 atom stereocenters. The number of hydrogen-bond acceptors (Lipinski definition) is 4. The molecule has 1 N–H and O–H groups in total. The van der Waals surface area contributed by atoms with Gasteiger partial charge in [-0.05, 0) is 29.8 Å². The van der Waals surface area contributed by atoms with Crippen LogP contribution in [0.3, 0.4) is 0 Å². The summed E-state index contributed by atoms with van der Waals surface area (Å²) in [6.07, 6.45) is 0. The SMILES string of the molecule is N#Cc1cccc(CSCC(=O)Nc2ccccc2C#N)c1. The van der Waals surface area contributed by atoms with Crippen LogP contribution in [0.5, 0.6) is 0 Å². The fraction of sp³-hybridized carbons (Fsp3) is 0.118. The number of thioether (sulfide) groups is 1. The summed E-state index contributed by atoms with van der Waals surface area (Å²) in [5.41, 5.74) is 2.60. The topological polar surface area (TPSA) is 76.7 Å². The van der Waals surface area contributed by atoms with Crippen molar-refractivity contribution >= 4 is 23.4 Å². The van der Waals surface area contributed by atoms with E-state index in [-0.39, 0.29) is 11.7 Å². The van der Waals surface area contributed by atoms with Gasteiger partial charge in [-0.25, -0.2) is 0 Å². The molecule has 0 saturated carbocycles. The van der Waals surface area contributed by atoms with Crippen LogP contribution in [0.1, 0.15) is 16.7 Å². The molecule has 0 aliphatic carbocycles. The number of rotatable bonds is 5. The van der Waals surface area contributed by atoms with Crippen molar-refractivity contribution in [2.24, 2.45) is 0 Å². The van der Waals surface area contributed by atoms with Gasteiger partial charge in [0.1, 0.15) is 6.07 Å². The molecule has 0 radical (unpaired) electrons. The third-order valence-corrected chi connectivity index (χ3v) is 3.88. The third-order valence-electron chi connectivity index (χ3n) is 2.88. The number of nitrogens with one attached hydrogen (secondary N) is 1. The summed E-state index contributed by atoms with van der Waals surface area (Å²) in [5.74, 6) is 0.795. The molecule has 5 heteroatoms. The Morgan fingerprint density at radius 3 is 2.68 bits per heavy atom. The zero-order valence-corrected chi connectivity index (χ0v) is 12.6. The number of benzene rings is 2. The molecule has 0 fully saturated rings. The first-order chi connectivity index (χ1) is 10.7. The molecule has 22 heavy (non-hydrogen) atoms. The van der Waals surface area contributed by atoms with E-state index in [1.165, 1.54) is 11.8 Å². The van der Waals surface area contributed by atoms with Crippen molar-refractivity contribution in [3.05, 3.63) is 65.2 Å². The van der Waals surface area contributed by atoms with Crippen molar-refractivity contribution in [2.75, 3.05) is 11.1 Å². The predicted molar refractivity (Wildman–Crippen MR) is 87.1 cm³/mol. The smallest absolute Gasteiger partial charge is 0.234 e. The van der Waals surface area contributed by atoms with Crippen molar-refractivity contribution in [1.29, 1.82) is 10.5 Å². The highest BCUT2D eigenvalue weighted by molar-refractivity contribution is 7.99. The second-order valence-corrected chi connectivity index (χ2v) is 5.50. The number of nitrogens with zero attached hydrogens (tertiary/aromatic N) is 2. The van der Waals surface area contributed by atoms with Crippen LogP contribution in [0, 0.1) is 22.7 Å². The Balaban J connectivity index is 1.86. The van der Waals surface area contributed by atoms with Crippen molar-refractivity contribution in [3.8, 4) is 12.1 Å². The first-order valence-corrected chi connectivity index (χ1v) is 7.74. The number of anilines is 1. The molecule has 4 nitrogen and oxygen atoms in total. The predicted octanol–water partition coefficient (Wildman–Crippen LogP) is 3.30. The Hall–Kier alpha value is -2.76. The molecule has 2 rings (SSSR count). The minimum absolute atomic E-state index is 0.149. The number of carbonyl (C=O) groups excluding carboxylic acids is 1. The highest BCUT2D eigenvalue weighted by Crippen LogP contribution is 2.16. The Kier molecular flexibility index (Phi) is 5.59. The second-order valence-electron chi connectivity index (χ2n) is 4.51. The molecular formula is C17H13N3OS. The average molecular weight is 307 g/mol. The summed E-state index contributed by atoms with van der Waals surface area (Å²) < 4.78 is 0. The van der Waals surface area contributed by atoms with E-state index >= 15 is 0 Å². The van der Waals surface area contributed by atoms with Gasteiger partial charge in [-0.3, -0.25) is 4.79 Å². The summed E-state index contributed by atoms with van der Waals surface area (Å²) >= 11 is 1.46. The van der Waals surface area contributed by atoms with E-state index in [1.807, 2.05) is 24.3 Å². The van der Waals surface area contributed by atoms with Crippen LogP contribution < -0.4 is 5.32 Å². The Bertz CT molecular complexity index is 759. The van der Waals surface area contributed by atoms with Crippen LogP contribution in [0.15, 0.2) is 48.5 Å². The van der Waals surface area contributed by atoms with Crippen LogP contribution in [-0.4, -0.2) is 11.7 Å². The van der Waals surface area contributed by atoms with Crippen LogP contribution in [-0.2, 0) is 10.5 Å². The molecule has 0 aliphatic heterocycles. The molecule has 2 aromatic carbocycles. The van der Waals surface area contributed by atoms with Crippen molar-refractivity contribution in [1.82, 2.24) is 0 Å². The van der Waals surface area contributed by atoms with E-state index in [0.29, 0.717) is 22.6 Å². The highest BCUT2D eigenvalue weighted by Gasteiger charge is 2.06. The Morgan fingerprint density at radius 2 is 1.91 bits per heavy atom. The number of hydrogen-bond donors (Lipinski definition) is 1. The van der Waals surface area contributed by atoms with Gasteiger partial charge in [0.15, 0.2) is 0 Å². The lowest BCUT2D eigenvalue weighted by atomic mass is 10.2. The van der Waals surface area contributed by atoms with Crippen LogP contribution in [0.4, 0.5) is 5.69 Å². The van der Waals surface area contributed by atoms with Gasteiger partial charge in [-0.1, -0.05) is 24.3 Å². The average Bonchev–Trinajstić information content (AvgIpc) is 2.55. The summed E-state index contributed by atoms with van der Waals surface area (Å²) in [6.45, 7) is 0. The summed E-state index contributed by atoms with van der Waals surface area (Å²) in [7, 11) is 0. The van der Waals surface area contributed by atoms with Gasteiger partial charge in [0.25, 0.3) is 0 Å². The molecule has 0 saturated heterocycles. The largest absolute Gasteiger partial charge is 0.324 e. The third kappa shape index (κ3) is 4.37. The quantitative estimate of drug-likeness (QED) is 0.919. The second kappa shape index (κ2) is 7.87. The molecule has 0 unspecified atom stereocenters. The van der Waals surface area contributed by atoms with Crippen LogP contribution >= 0.6 is 11.8 Å². The molecule has 108 valence electrons. The van der Waals surface area contributed by atoms with E-state index < -0.39 is 0 Å². The van der Waals surface area contributed by atoms with Gasteiger partial charge >= 0.3 is 0 Å². The van der Waals surface area contributed by atoms with Gasteiger partial charge in [0.2, 0.25) is 5.91 Å². The lowest BCUT2D eigenvalue weighted by Crippen LogP contribution is -2.15. The first-order valence-electron chi connectivity index (χ1n) is 6.58. The number of nitriles is 2. The van der Waals surface area contributed by atoms with Crippen LogP contribution in [0.25, 0.3) is 0 Å². The molecular weight excluding hydrogens is 294 g/mol. The Morgan fingerprint density at radius 1 is 1.09 bits per heavy atom. The van der Waals surface area contributed by atoms with Crippen molar-refractivity contribution < 1.29 is 4.79 Å². The van der Waals surface area contributed by atoms with Gasteiger partial charge in [-0.2, -0.15) is 10.5 Å². The lowest BCUT2D eigenvalue weighted by Gasteiger charge is -2.06. The van der Waals surface area contributed by atoms with Gasteiger partial charge in [-0.15, -0.1) is 11.8 Å². The van der Waals surface area contributed by atoms with Gasteiger partial charge in [0, 0.05) is 5.75 Å². The van der Waals surface area contributed by atoms with E-state index in [4.69, 9.17) is 10.5 Å². The maximum atomic E-state index is 11.9. The molecule has 0 bridgehead atoms. The van der Waals surface area contributed by atoms with E-state index in [0.717, 1.165) is 5.56 Å². The van der Waals surface area contributed by atoms with Crippen LogP contribution in [0.2, 0.25) is 0 Å².